The van der Waals surface area contributed by atoms with Crippen molar-refractivity contribution in [2.45, 2.75) is 18.8 Å². The first-order chi connectivity index (χ1) is 10.00. The lowest BCUT2D eigenvalue weighted by Crippen LogP contribution is -2.25. The van der Waals surface area contributed by atoms with Crippen LogP contribution in [0.3, 0.4) is 0 Å². The standard InChI is InChI=1S/C14H16N2O4S/c1-20-14(17)10-4-5-16-12(7-10)8-15-13(16)11-3-2-6-21(18,19)9-11/h4-5,7-8,11H,2-3,6,9H2,1H3. The van der Waals surface area contributed by atoms with Crippen LogP contribution in [0.5, 0.6) is 0 Å². The molecule has 21 heavy (non-hydrogen) atoms. The van der Waals surface area contributed by atoms with E-state index in [2.05, 4.69) is 9.72 Å². The number of esters is 1. The lowest BCUT2D eigenvalue weighted by molar-refractivity contribution is 0.0600. The molecule has 2 aromatic heterocycles. The number of carbonyl (C=O) groups excluding carboxylic acids is 1. The highest BCUT2D eigenvalue weighted by Crippen LogP contribution is 2.28. The number of methoxy groups -OCH3 is 1. The van der Waals surface area contributed by atoms with Crippen LogP contribution in [-0.2, 0) is 14.6 Å². The van der Waals surface area contributed by atoms with Crippen LogP contribution in [0.2, 0.25) is 0 Å². The second-order valence-corrected chi connectivity index (χ2v) is 7.50. The largest absolute Gasteiger partial charge is 0.465 e. The molecule has 0 aliphatic carbocycles. The van der Waals surface area contributed by atoms with Crippen molar-refractivity contribution in [3.05, 3.63) is 35.9 Å². The molecule has 0 aromatic carbocycles. The van der Waals surface area contributed by atoms with E-state index in [4.69, 9.17) is 0 Å². The van der Waals surface area contributed by atoms with Crippen LogP contribution in [0.1, 0.15) is 34.9 Å². The number of nitrogens with zero attached hydrogens (tertiary/aromatic N) is 2. The molecule has 0 amide bonds. The Kier molecular flexibility index (Phi) is 3.44. The number of pyridine rings is 1. The van der Waals surface area contributed by atoms with Crippen molar-refractivity contribution in [3.8, 4) is 0 Å². The molecule has 0 radical (unpaired) electrons. The van der Waals surface area contributed by atoms with Gasteiger partial charge in [-0.3, -0.25) is 0 Å². The van der Waals surface area contributed by atoms with Gasteiger partial charge < -0.3 is 9.14 Å². The van der Waals surface area contributed by atoms with Gasteiger partial charge in [-0.2, -0.15) is 0 Å². The summed E-state index contributed by atoms with van der Waals surface area (Å²) in [6.45, 7) is 0. The predicted octanol–water partition coefficient (Wildman–Crippen LogP) is 1.41. The summed E-state index contributed by atoms with van der Waals surface area (Å²) in [5.74, 6) is 0.657. The van der Waals surface area contributed by atoms with E-state index < -0.39 is 15.8 Å². The van der Waals surface area contributed by atoms with Gasteiger partial charge in [0, 0.05) is 12.1 Å². The molecule has 3 heterocycles. The number of aromatic nitrogens is 2. The van der Waals surface area contributed by atoms with Crippen LogP contribution in [0.15, 0.2) is 24.5 Å². The Hall–Kier alpha value is -1.89. The van der Waals surface area contributed by atoms with Crippen molar-refractivity contribution in [2.75, 3.05) is 18.6 Å². The number of imidazole rings is 1. The van der Waals surface area contributed by atoms with Crippen molar-refractivity contribution < 1.29 is 17.9 Å². The Morgan fingerprint density at radius 1 is 1.48 bits per heavy atom. The van der Waals surface area contributed by atoms with E-state index in [9.17, 15) is 13.2 Å². The summed E-state index contributed by atoms with van der Waals surface area (Å²) in [6, 6.07) is 3.35. The van der Waals surface area contributed by atoms with Crippen molar-refractivity contribution in [2.24, 2.45) is 0 Å². The Labute approximate surface area is 122 Å². The molecule has 0 N–H and O–H groups in total. The van der Waals surface area contributed by atoms with Crippen LogP contribution in [0.4, 0.5) is 0 Å². The Morgan fingerprint density at radius 3 is 3.00 bits per heavy atom. The van der Waals surface area contributed by atoms with Crippen molar-refractivity contribution in [1.29, 1.82) is 0 Å². The molecule has 1 unspecified atom stereocenters. The first-order valence-corrected chi connectivity index (χ1v) is 8.58. The first kappa shape index (κ1) is 14.1. The minimum absolute atomic E-state index is 0.0878. The van der Waals surface area contributed by atoms with Gasteiger partial charge in [0.2, 0.25) is 0 Å². The quantitative estimate of drug-likeness (QED) is 0.784. The first-order valence-electron chi connectivity index (χ1n) is 6.76. The molecule has 1 aliphatic rings. The normalized spacial score (nSPS) is 21.3. The molecule has 3 rings (SSSR count). The molecule has 1 saturated heterocycles. The highest BCUT2D eigenvalue weighted by atomic mass is 32.2. The molecule has 2 aromatic rings. The number of carbonyl (C=O) groups is 1. The Balaban J connectivity index is 1.99. The molecule has 6 nitrogen and oxygen atoms in total. The smallest absolute Gasteiger partial charge is 0.337 e. The summed E-state index contributed by atoms with van der Waals surface area (Å²) in [5.41, 5.74) is 1.21. The highest BCUT2D eigenvalue weighted by molar-refractivity contribution is 7.91. The highest BCUT2D eigenvalue weighted by Gasteiger charge is 2.28. The van der Waals surface area contributed by atoms with Gasteiger partial charge in [0.05, 0.1) is 35.9 Å². The third-order valence-electron chi connectivity index (χ3n) is 3.81. The lowest BCUT2D eigenvalue weighted by atomic mass is 10.0. The topological polar surface area (TPSA) is 77.7 Å². The van der Waals surface area contributed by atoms with Crippen LogP contribution in [0.25, 0.3) is 5.52 Å². The van der Waals surface area contributed by atoms with E-state index in [1.54, 1.807) is 24.5 Å². The van der Waals surface area contributed by atoms with E-state index in [0.717, 1.165) is 17.8 Å². The third-order valence-corrected chi connectivity index (χ3v) is 5.63. The van der Waals surface area contributed by atoms with Gasteiger partial charge in [0.25, 0.3) is 0 Å². The SMILES string of the molecule is COC(=O)c1ccn2c(C3CCCS(=O)(=O)C3)ncc2c1. The van der Waals surface area contributed by atoms with Gasteiger partial charge >= 0.3 is 5.97 Å². The minimum atomic E-state index is -2.98. The van der Waals surface area contributed by atoms with E-state index in [1.165, 1.54) is 7.11 Å². The number of sulfone groups is 1. The van der Waals surface area contributed by atoms with Crippen molar-refractivity contribution in [3.63, 3.8) is 0 Å². The number of hydrogen-bond donors (Lipinski definition) is 0. The van der Waals surface area contributed by atoms with E-state index in [-0.39, 0.29) is 17.4 Å². The van der Waals surface area contributed by atoms with Gasteiger partial charge in [-0.25, -0.2) is 18.2 Å². The fraction of sp³-hybridized carbons (Fsp3) is 0.429. The summed E-state index contributed by atoms with van der Waals surface area (Å²) >= 11 is 0. The van der Waals surface area contributed by atoms with Gasteiger partial charge in [-0.15, -0.1) is 0 Å². The summed E-state index contributed by atoms with van der Waals surface area (Å²) < 4.78 is 30.1. The lowest BCUT2D eigenvalue weighted by Gasteiger charge is -2.20. The van der Waals surface area contributed by atoms with E-state index in [0.29, 0.717) is 12.0 Å². The number of ether oxygens (including phenoxy) is 1. The fourth-order valence-electron chi connectivity index (χ4n) is 2.79. The molecular formula is C14H16N2O4S. The Morgan fingerprint density at radius 2 is 2.29 bits per heavy atom. The van der Waals surface area contributed by atoms with Crippen molar-refractivity contribution in [1.82, 2.24) is 9.38 Å². The fourth-order valence-corrected chi connectivity index (χ4v) is 4.50. The monoisotopic (exact) mass is 308 g/mol. The van der Waals surface area contributed by atoms with Crippen LogP contribution in [0, 0.1) is 0 Å². The zero-order valence-corrected chi connectivity index (χ0v) is 12.5. The number of rotatable bonds is 2. The summed E-state index contributed by atoms with van der Waals surface area (Å²) in [7, 11) is -1.65. The minimum Gasteiger partial charge on any atom is -0.465 e. The maximum atomic E-state index is 11.8. The van der Waals surface area contributed by atoms with Crippen LogP contribution < -0.4 is 0 Å². The Bertz CT molecular complexity index is 794. The summed E-state index contributed by atoms with van der Waals surface area (Å²) in [6.07, 6.45) is 4.88. The average molecular weight is 308 g/mol. The summed E-state index contributed by atoms with van der Waals surface area (Å²) in [5, 5.41) is 0. The molecule has 0 saturated carbocycles. The molecule has 1 aliphatic heterocycles. The van der Waals surface area contributed by atoms with Gasteiger partial charge in [0.15, 0.2) is 9.84 Å². The molecule has 7 heteroatoms. The van der Waals surface area contributed by atoms with Gasteiger partial charge in [0.1, 0.15) is 5.82 Å². The molecule has 0 bridgehead atoms. The maximum absolute atomic E-state index is 11.8. The molecular weight excluding hydrogens is 292 g/mol. The summed E-state index contributed by atoms with van der Waals surface area (Å²) in [4.78, 5) is 15.9. The molecule has 112 valence electrons. The predicted molar refractivity (Wildman–Crippen MR) is 77.2 cm³/mol. The van der Waals surface area contributed by atoms with Crippen LogP contribution >= 0.6 is 0 Å². The maximum Gasteiger partial charge on any atom is 0.337 e. The van der Waals surface area contributed by atoms with Crippen molar-refractivity contribution >= 4 is 21.3 Å². The second-order valence-electron chi connectivity index (χ2n) is 5.27. The van der Waals surface area contributed by atoms with E-state index >= 15 is 0 Å². The molecule has 1 fully saturated rings. The zero-order valence-electron chi connectivity index (χ0n) is 11.7. The van der Waals surface area contributed by atoms with Crippen LogP contribution in [-0.4, -0.2) is 42.4 Å². The van der Waals surface area contributed by atoms with Gasteiger partial charge in [-0.1, -0.05) is 0 Å². The molecule has 1 atom stereocenters. The third kappa shape index (κ3) is 2.65. The van der Waals surface area contributed by atoms with Gasteiger partial charge in [-0.05, 0) is 25.0 Å². The van der Waals surface area contributed by atoms with E-state index in [1.807, 2.05) is 4.40 Å². The second kappa shape index (κ2) is 5.14. The number of hydrogen-bond acceptors (Lipinski definition) is 5. The zero-order chi connectivity index (χ0) is 15.0. The molecule has 0 spiro atoms. The number of fused-ring (bicyclic) bond motifs is 1. The average Bonchev–Trinajstić information content (AvgIpc) is 2.88.